The van der Waals surface area contributed by atoms with Gasteiger partial charge in [0.05, 0.1) is 0 Å². The number of rotatable bonds is 8. The van der Waals surface area contributed by atoms with Crippen molar-refractivity contribution >= 4 is 58.1 Å². The van der Waals surface area contributed by atoms with Gasteiger partial charge >= 0.3 is 0 Å². The Hall–Kier alpha value is -2.82. The van der Waals surface area contributed by atoms with E-state index in [1.54, 1.807) is 13.8 Å². The fourth-order valence-electron chi connectivity index (χ4n) is 2.92. The van der Waals surface area contributed by atoms with Gasteiger partial charge in [0.15, 0.2) is 10.2 Å². The van der Waals surface area contributed by atoms with Gasteiger partial charge in [0.25, 0.3) is 0 Å². The SMILES string of the molecule is CC(=O)SCc1ccc(/C=C/c2ccc(/C=C/c3ccc(CSC(C)=O)cc3)cc2)cc1. The smallest absolute Gasteiger partial charge is 0.186 e. The Morgan fingerprint density at radius 3 is 1.03 bits per heavy atom. The van der Waals surface area contributed by atoms with Crippen molar-refractivity contribution < 1.29 is 9.59 Å². The molecule has 0 aromatic heterocycles. The normalized spacial score (nSPS) is 11.3. The molecule has 0 amide bonds. The van der Waals surface area contributed by atoms with Gasteiger partial charge in [0.2, 0.25) is 0 Å². The van der Waals surface area contributed by atoms with Gasteiger partial charge in [0.1, 0.15) is 0 Å². The van der Waals surface area contributed by atoms with Crippen LogP contribution in [-0.2, 0) is 21.1 Å². The highest BCUT2D eigenvalue weighted by molar-refractivity contribution is 8.13. The van der Waals surface area contributed by atoms with Crippen molar-refractivity contribution in [1.29, 1.82) is 0 Å². The second-order valence-corrected chi connectivity index (χ2v) is 9.68. The molecule has 0 spiro atoms. The molecule has 0 saturated carbocycles. The van der Waals surface area contributed by atoms with E-state index in [4.69, 9.17) is 0 Å². The molecule has 3 aromatic carbocycles. The zero-order valence-corrected chi connectivity index (χ0v) is 19.9. The van der Waals surface area contributed by atoms with Crippen molar-refractivity contribution in [3.05, 3.63) is 106 Å². The van der Waals surface area contributed by atoms with E-state index in [-0.39, 0.29) is 10.2 Å². The van der Waals surface area contributed by atoms with Gasteiger partial charge in [-0.2, -0.15) is 0 Å². The second kappa shape index (κ2) is 12.3. The number of carbonyl (C=O) groups is 2. The second-order valence-electron chi connectivity index (χ2n) is 7.38. The standard InChI is InChI=1S/C28H26O2S2/c1-21(29)31-19-27-15-11-25(12-16-27)9-7-23-3-5-24(6-4-23)8-10-26-13-17-28(18-14-26)20-32-22(2)30/h3-18H,19-20H2,1-2H3/b9-7+,10-8+. The van der Waals surface area contributed by atoms with E-state index in [1.165, 1.54) is 23.5 Å². The van der Waals surface area contributed by atoms with E-state index in [2.05, 4.69) is 97.1 Å². The fourth-order valence-corrected chi connectivity index (χ4v) is 4.05. The summed E-state index contributed by atoms with van der Waals surface area (Å²) in [5.74, 6) is 1.44. The van der Waals surface area contributed by atoms with Gasteiger partial charge in [-0.05, 0) is 33.4 Å². The van der Waals surface area contributed by atoms with Crippen molar-refractivity contribution in [2.45, 2.75) is 25.4 Å². The lowest BCUT2D eigenvalue weighted by Gasteiger charge is -2.01. The van der Waals surface area contributed by atoms with Crippen molar-refractivity contribution in [3.63, 3.8) is 0 Å². The summed E-state index contributed by atoms with van der Waals surface area (Å²) in [5, 5.41) is 0.288. The summed E-state index contributed by atoms with van der Waals surface area (Å²) in [4.78, 5) is 22.1. The summed E-state index contributed by atoms with van der Waals surface area (Å²) in [7, 11) is 0. The molecule has 0 aliphatic rings. The maximum atomic E-state index is 11.1. The van der Waals surface area contributed by atoms with E-state index in [0.717, 1.165) is 44.9 Å². The molecule has 162 valence electrons. The first-order valence-electron chi connectivity index (χ1n) is 10.4. The Labute approximate surface area is 198 Å². The van der Waals surface area contributed by atoms with Gasteiger partial charge in [-0.3, -0.25) is 9.59 Å². The molecular formula is C28H26O2S2. The van der Waals surface area contributed by atoms with E-state index in [0.29, 0.717) is 0 Å². The summed E-state index contributed by atoms with van der Waals surface area (Å²) in [6, 6.07) is 25.0. The molecule has 0 radical (unpaired) electrons. The molecule has 0 bridgehead atoms. The Balaban J connectivity index is 1.54. The van der Waals surface area contributed by atoms with Gasteiger partial charge in [-0.25, -0.2) is 0 Å². The first-order valence-corrected chi connectivity index (χ1v) is 12.4. The number of hydrogen-bond acceptors (Lipinski definition) is 4. The average molecular weight is 459 g/mol. The van der Waals surface area contributed by atoms with Crippen molar-refractivity contribution in [2.75, 3.05) is 0 Å². The van der Waals surface area contributed by atoms with Crippen LogP contribution in [-0.4, -0.2) is 10.2 Å². The largest absolute Gasteiger partial charge is 0.288 e. The molecule has 4 heteroatoms. The predicted octanol–water partition coefficient (Wildman–Crippen LogP) is 7.59. The van der Waals surface area contributed by atoms with Crippen molar-refractivity contribution in [3.8, 4) is 0 Å². The molecule has 0 unspecified atom stereocenters. The van der Waals surface area contributed by atoms with Crippen LogP contribution in [0.5, 0.6) is 0 Å². The van der Waals surface area contributed by atoms with Crippen LogP contribution in [0.15, 0.2) is 72.8 Å². The molecule has 0 heterocycles. The minimum atomic E-state index is 0.144. The molecule has 3 aromatic rings. The van der Waals surface area contributed by atoms with Crippen molar-refractivity contribution in [2.24, 2.45) is 0 Å². The fraction of sp³-hybridized carbons (Fsp3) is 0.143. The maximum Gasteiger partial charge on any atom is 0.186 e. The van der Waals surface area contributed by atoms with E-state index >= 15 is 0 Å². The van der Waals surface area contributed by atoms with E-state index in [1.807, 2.05) is 0 Å². The van der Waals surface area contributed by atoms with Crippen molar-refractivity contribution in [1.82, 2.24) is 0 Å². The third-order valence-corrected chi connectivity index (χ3v) is 6.48. The Kier molecular flexibility index (Phi) is 9.14. The Morgan fingerprint density at radius 1 is 0.531 bits per heavy atom. The zero-order chi connectivity index (χ0) is 22.8. The summed E-state index contributed by atoms with van der Waals surface area (Å²) < 4.78 is 0. The number of thioether (sulfide) groups is 2. The molecule has 0 aliphatic heterocycles. The predicted molar refractivity (Wildman–Crippen MR) is 141 cm³/mol. The third kappa shape index (κ3) is 8.37. The lowest BCUT2D eigenvalue weighted by Crippen LogP contribution is -1.85. The van der Waals surface area contributed by atoms with Gasteiger partial charge in [0, 0.05) is 25.4 Å². The third-order valence-electron chi connectivity index (χ3n) is 4.72. The van der Waals surface area contributed by atoms with Crippen LogP contribution in [0.2, 0.25) is 0 Å². The van der Waals surface area contributed by atoms with Crippen LogP contribution >= 0.6 is 23.5 Å². The first kappa shape index (κ1) is 23.8. The van der Waals surface area contributed by atoms with E-state index < -0.39 is 0 Å². The summed E-state index contributed by atoms with van der Waals surface area (Å²) in [6.45, 7) is 3.19. The van der Waals surface area contributed by atoms with Crippen LogP contribution in [0.1, 0.15) is 47.2 Å². The van der Waals surface area contributed by atoms with Crippen LogP contribution in [0.25, 0.3) is 24.3 Å². The highest BCUT2D eigenvalue weighted by Crippen LogP contribution is 2.17. The van der Waals surface area contributed by atoms with Crippen LogP contribution in [0.4, 0.5) is 0 Å². The Morgan fingerprint density at radius 2 is 0.781 bits per heavy atom. The van der Waals surface area contributed by atoms with Crippen LogP contribution < -0.4 is 0 Å². The summed E-state index contributed by atoms with van der Waals surface area (Å²) >= 11 is 2.67. The highest BCUT2D eigenvalue weighted by Gasteiger charge is 1.98. The quantitative estimate of drug-likeness (QED) is 0.326. The summed E-state index contributed by atoms with van der Waals surface area (Å²) in [5.41, 5.74) is 6.87. The minimum Gasteiger partial charge on any atom is -0.288 e. The number of carbonyl (C=O) groups excluding carboxylic acids is 2. The molecule has 0 aliphatic carbocycles. The minimum absolute atomic E-state index is 0.144. The molecule has 32 heavy (non-hydrogen) atoms. The molecule has 0 saturated heterocycles. The van der Waals surface area contributed by atoms with Gasteiger partial charge in [-0.1, -0.05) is 121 Å². The molecular weight excluding hydrogens is 432 g/mol. The van der Waals surface area contributed by atoms with E-state index in [9.17, 15) is 9.59 Å². The molecule has 0 N–H and O–H groups in total. The first-order chi connectivity index (χ1) is 15.5. The number of hydrogen-bond donors (Lipinski definition) is 0. The van der Waals surface area contributed by atoms with Gasteiger partial charge < -0.3 is 0 Å². The topological polar surface area (TPSA) is 34.1 Å². The Bertz CT molecular complexity index is 1000. The lowest BCUT2D eigenvalue weighted by molar-refractivity contribution is -0.109. The zero-order valence-electron chi connectivity index (χ0n) is 18.3. The lowest BCUT2D eigenvalue weighted by atomic mass is 10.1. The maximum absolute atomic E-state index is 11.1. The van der Waals surface area contributed by atoms with Crippen LogP contribution in [0, 0.1) is 0 Å². The molecule has 0 atom stereocenters. The molecule has 3 rings (SSSR count). The average Bonchev–Trinajstić information content (AvgIpc) is 2.80. The molecule has 2 nitrogen and oxygen atoms in total. The molecule has 0 fully saturated rings. The van der Waals surface area contributed by atoms with Crippen LogP contribution in [0.3, 0.4) is 0 Å². The summed E-state index contributed by atoms with van der Waals surface area (Å²) in [6.07, 6.45) is 8.40. The van der Waals surface area contributed by atoms with Gasteiger partial charge in [-0.15, -0.1) is 0 Å². The number of benzene rings is 3. The monoisotopic (exact) mass is 458 g/mol. The highest BCUT2D eigenvalue weighted by atomic mass is 32.2.